The summed E-state index contributed by atoms with van der Waals surface area (Å²) in [6, 6.07) is 14.6. The fourth-order valence-electron chi connectivity index (χ4n) is 3.58. The Morgan fingerprint density at radius 2 is 1.86 bits per heavy atom. The number of rotatable bonds is 4. The van der Waals surface area contributed by atoms with E-state index in [0.29, 0.717) is 27.3 Å². The monoisotopic (exact) mass is 468 g/mol. The molecule has 2 aliphatic heterocycles. The summed E-state index contributed by atoms with van der Waals surface area (Å²) < 4.78 is 24.3. The van der Waals surface area contributed by atoms with E-state index in [1.54, 1.807) is 23.1 Å². The highest BCUT2D eigenvalue weighted by Gasteiger charge is 2.49. The van der Waals surface area contributed by atoms with Crippen LogP contribution in [0.5, 0.6) is 0 Å². The Kier molecular flexibility index (Phi) is 5.93. The highest BCUT2D eigenvalue weighted by Crippen LogP contribution is 2.44. The molecule has 0 aromatic heterocycles. The standard InChI is InChI=1S/C20H18Cl2N2O3S2/c21-14-7-4-8-15(19(14)22)24-16-11-29(26,27)12-17(16)28-20(24)23-18(25)10-9-13-5-2-1-3-6-13/h1-8,16-17H,9-12H2. The molecule has 29 heavy (non-hydrogen) atoms. The molecule has 0 N–H and O–H groups in total. The molecule has 9 heteroatoms. The molecule has 2 fully saturated rings. The Bertz CT molecular complexity index is 1070. The van der Waals surface area contributed by atoms with Gasteiger partial charge in [0.2, 0.25) is 5.91 Å². The number of nitrogens with zero attached hydrogens (tertiary/aromatic N) is 2. The van der Waals surface area contributed by atoms with Crippen molar-refractivity contribution in [3.63, 3.8) is 0 Å². The van der Waals surface area contributed by atoms with Gasteiger partial charge in [-0.2, -0.15) is 4.99 Å². The number of carbonyl (C=O) groups is 1. The number of amides is 1. The van der Waals surface area contributed by atoms with Crippen LogP contribution in [0.1, 0.15) is 12.0 Å². The lowest BCUT2D eigenvalue weighted by Gasteiger charge is -2.25. The second-order valence-electron chi connectivity index (χ2n) is 7.02. The van der Waals surface area contributed by atoms with Gasteiger partial charge in [0.05, 0.1) is 33.3 Å². The van der Waals surface area contributed by atoms with Gasteiger partial charge in [0.1, 0.15) is 0 Å². The van der Waals surface area contributed by atoms with Crippen molar-refractivity contribution in [2.45, 2.75) is 24.1 Å². The molecule has 4 rings (SSSR count). The predicted octanol–water partition coefficient (Wildman–Crippen LogP) is 4.23. The van der Waals surface area contributed by atoms with Crippen LogP contribution in [0.25, 0.3) is 0 Å². The molecule has 2 atom stereocenters. The molecule has 0 saturated carbocycles. The summed E-state index contributed by atoms with van der Waals surface area (Å²) in [4.78, 5) is 18.6. The van der Waals surface area contributed by atoms with Gasteiger partial charge in [-0.05, 0) is 24.1 Å². The van der Waals surface area contributed by atoms with Crippen LogP contribution in [0.3, 0.4) is 0 Å². The lowest BCUT2D eigenvalue weighted by atomic mass is 10.1. The van der Waals surface area contributed by atoms with Crippen molar-refractivity contribution in [1.29, 1.82) is 0 Å². The molecule has 0 bridgehead atoms. The quantitative estimate of drug-likeness (QED) is 0.671. The number of aryl methyl sites for hydroxylation is 1. The van der Waals surface area contributed by atoms with E-state index in [1.165, 1.54) is 11.8 Å². The molecule has 5 nitrogen and oxygen atoms in total. The molecule has 1 amide bonds. The molecular formula is C20H18Cl2N2O3S2. The van der Waals surface area contributed by atoms with Crippen molar-refractivity contribution in [3.8, 4) is 0 Å². The number of halogens is 2. The lowest BCUT2D eigenvalue weighted by Crippen LogP contribution is -2.38. The Morgan fingerprint density at radius 1 is 1.10 bits per heavy atom. The molecule has 2 heterocycles. The smallest absolute Gasteiger partial charge is 0.248 e. The number of fused-ring (bicyclic) bond motifs is 1. The third kappa shape index (κ3) is 4.48. The minimum atomic E-state index is -3.15. The fourth-order valence-corrected chi connectivity index (χ4v) is 7.89. The van der Waals surface area contributed by atoms with Crippen molar-refractivity contribution in [2.75, 3.05) is 16.4 Å². The summed E-state index contributed by atoms with van der Waals surface area (Å²) in [5.41, 5.74) is 1.64. The van der Waals surface area contributed by atoms with Crippen LogP contribution >= 0.6 is 35.0 Å². The molecule has 2 aliphatic rings. The summed E-state index contributed by atoms with van der Waals surface area (Å²) in [6.07, 6.45) is 0.874. The fraction of sp³-hybridized carbons (Fsp3) is 0.300. The number of carbonyl (C=O) groups excluding carboxylic acids is 1. The number of amidine groups is 1. The van der Waals surface area contributed by atoms with Crippen LogP contribution in [0.4, 0.5) is 5.69 Å². The van der Waals surface area contributed by atoms with Gasteiger partial charge in [-0.3, -0.25) is 4.79 Å². The average molecular weight is 469 g/mol. The van der Waals surface area contributed by atoms with E-state index in [-0.39, 0.29) is 35.1 Å². The van der Waals surface area contributed by atoms with Crippen molar-refractivity contribution in [3.05, 3.63) is 64.1 Å². The molecular weight excluding hydrogens is 451 g/mol. The number of anilines is 1. The first-order valence-electron chi connectivity index (χ1n) is 9.10. The SMILES string of the molecule is O=C(CCc1ccccc1)N=C1SC2CS(=O)(=O)CC2N1c1cccc(Cl)c1Cl. The lowest BCUT2D eigenvalue weighted by molar-refractivity contribution is -0.117. The zero-order chi connectivity index (χ0) is 20.6. The number of hydrogen-bond donors (Lipinski definition) is 0. The number of thioether (sulfide) groups is 1. The third-order valence-electron chi connectivity index (χ3n) is 4.95. The highest BCUT2D eigenvalue weighted by atomic mass is 35.5. The second-order valence-corrected chi connectivity index (χ2v) is 11.2. The van der Waals surface area contributed by atoms with Gasteiger partial charge >= 0.3 is 0 Å². The van der Waals surface area contributed by atoms with Gasteiger partial charge < -0.3 is 4.90 Å². The van der Waals surface area contributed by atoms with Crippen LogP contribution in [-0.2, 0) is 21.1 Å². The first-order chi connectivity index (χ1) is 13.8. The van der Waals surface area contributed by atoms with Crippen LogP contribution in [-0.4, -0.2) is 42.3 Å². The molecule has 152 valence electrons. The van der Waals surface area contributed by atoms with Gasteiger partial charge in [-0.1, -0.05) is 71.4 Å². The van der Waals surface area contributed by atoms with E-state index in [1.807, 2.05) is 30.3 Å². The van der Waals surface area contributed by atoms with Crippen molar-refractivity contribution in [1.82, 2.24) is 0 Å². The predicted molar refractivity (Wildman–Crippen MR) is 120 cm³/mol. The van der Waals surface area contributed by atoms with E-state index in [2.05, 4.69) is 4.99 Å². The summed E-state index contributed by atoms with van der Waals surface area (Å²) in [5, 5.41) is 0.991. The minimum absolute atomic E-state index is 0.00470. The van der Waals surface area contributed by atoms with Gasteiger partial charge in [0.15, 0.2) is 15.0 Å². The normalized spacial score (nSPS) is 24.1. The summed E-state index contributed by atoms with van der Waals surface area (Å²) in [7, 11) is -3.15. The van der Waals surface area contributed by atoms with E-state index >= 15 is 0 Å². The Labute approximate surface area is 184 Å². The van der Waals surface area contributed by atoms with E-state index in [4.69, 9.17) is 23.2 Å². The van der Waals surface area contributed by atoms with E-state index in [0.717, 1.165) is 5.56 Å². The largest absolute Gasteiger partial charge is 0.314 e. The average Bonchev–Trinajstić information content (AvgIpc) is 3.14. The third-order valence-corrected chi connectivity index (χ3v) is 8.97. The summed E-state index contributed by atoms with van der Waals surface area (Å²) >= 11 is 13.9. The molecule has 2 unspecified atom stereocenters. The van der Waals surface area contributed by atoms with Gasteiger partial charge in [0.25, 0.3) is 0 Å². The second kappa shape index (κ2) is 8.30. The molecule has 2 aromatic rings. The number of aliphatic imine (C=N–C) groups is 1. The zero-order valence-corrected chi connectivity index (χ0v) is 18.4. The molecule has 0 aliphatic carbocycles. The van der Waals surface area contributed by atoms with Crippen molar-refractivity contribution in [2.24, 2.45) is 4.99 Å². The number of hydrogen-bond acceptors (Lipinski definition) is 4. The zero-order valence-electron chi connectivity index (χ0n) is 15.3. The van der Waals surface area contributed by atoms with Gasteiger partial charge in [0, 0.05) is 11.7 Å². The first kappa shape index (κ1) is 20.7. The van der Waals surface area contributed by atoms with Gasteiger partial charge in [-0.25, -0.2) is 8.42 Å². The number of benzene rings is 2. The van der Waals surface area contributed by atoms with E-state index < -0.39 is 9.84 Å². The van der Waals surface area contributed by atoms with Crippen LogP contribution in [0.15, 0.2) is 53.5 Å². The van der Waals surface area contributed by atoms with Crippen LogP contribution < -0.4 is 4.90 Å². The summed E-state index contributed by atoms with van der Waals surface area (Å²) in [5.74, 6) is -0.179. The topological polar surface area (TPSA) is 66.8 Å². The molecule has 0 spiro atoms. The maximum atomic E-state index is 12.5. The molecule has 2 saturated heterocycles. The maximum Gasteiger partial charge on any atom is 0.248 e. The van der Waals surface area contributed by atoms with Crippen LogP contribution in [0, 0.1) is 0 Å². The van der Waals surface area contributed by atoms with Crippen molar-refractivity contribution < 1.29 is 13.2 Å². The van der Waals surface area contributed by atoms with Crippen LogP contribution in [0.2, 0.25) is 10.0 Å². The summed E-state index contributed by atoms with van der Waals surface area (Å²) in [6.45, 7) is 0. The Morgan fingerprint density at radius 3 is 2.62 bits per heavy atom. The maximum absolute atomic E-state index is 12.5. The Hall–Kier alpha value is -1.54. The van der Waals surface area contributed by atoms with Gasteiger partial charge in [-0.15, -0.1) is 0 Å². The Balaban J connectivity index is 1.62. The first-order valence-corrected chi connectivity index (χ1v) is 12.6. The van der Waals surface area contributed by atoms with Crippen molar-refractivity contribution >= 4 is 61.6 Å². The number of sulfone groups is 1. The molecule has 2 aromatic carbocycles. The highest BCUT2D eigenvalue weighted by molar-refractivity contribution is 8.16. The minimum Gasteiger partial charge on any atom is -0.314 e. The molecule has 0 radical (unpaired) electrons. The van der Waals surface area contributed by atoms with E-state index in [9.17, 15) is 13.2 Å².